The molecular formula is C22H26N4O5. The highest BCUT2D eigenvalue weighted by atomic mass is 16.4. The maximum Gasteiger partial charge on any atom is 0.357 e. The summed E-state index contributed by atoms with van der Waals surface area (Å²) in [5.74, 6) is -1.55. The molecule has 0 bridgehead atoms. The van der Waals surface area contributed by atoms with Crippen LogP contribution in [0, 0.1) is 11.3 Å². The highest BCUT2D eigenvalue weighted by Gasteiger charge is 2.56. The number of nitrogens with zero attached hydrogens (tertiary/aromatic N) is 3. The maximum absolute atomic E-state index is 13.2. The average molecular weight is 426 g/mol. The number of carboxylic acids is 1. The zero-order valence-corrected chi connectivity index (χ0v) is 17.8. The summed E-state index contributed by atoms with van der Waals surface area (Å²) in [5, 5.41) is 16.7. The average Bonchev–Trinajstić information content (AvgIpc) is 3.21. The van der Waals surface area contributed by atoms with Crippen LogP contribution < -0.4 is 5.32 Å². The minimum absolute atomic E-state index is 0.0161. The number of aromatic carboxylic acids is 1. The highest BCUT2D eigenvalue weighted by molar-refractivity contribution is 6.01. The van der Waals surface area contributed by atoms with Gasteiger partial charge < -0.3 is 15.3 Å². The van der Waals surface area contributed by atoms with Crippen LogP contribution in [-0.4, -0.2) is 62.0 Å². The summed E-state index contributed by atoms with van der Waals surface area (Å²) in [6, 6.07) is 6.24. The topological polar surface area (TPSA) is 122 Å². The molecule has 4 rings (SSSR count). The lowest BCUT2D eigenvalue weighted by atomic mass is 9.91. The second kappa shape index (κ2) is 7.47. The number of carboxylic acid groups (broad SMARTS) is 1. The molecule has 1 aromatic heterocycles. The predicted octanol–water partition coefficient (Wildman–Crippen LogP) is 1.46. The van der Waals surface area contributed by atoms with E-state index in [4.69, 9.17) is 0 Å². The number of hydrogen-bond donors (Lipinski definition) is 2. The first-order chi connectivity index (χ1) is 14.6. The van der Waals surface area contributed by atoms with Crippen molar-refractivity contribution in [1.29, 1.82) is 0 Å². The number of piperidine rings is 1. The van der Waals surface area contributed by atoms with Crippen molar-refractivity contribution in [3.8, 4) is 0 Å². The van der Waals surface area contributed by atoms with Gasteiger partial charge in [-0.05, 0) is 24.8 Å². The molecule has 0 unspecified atom stereocenters. The van der Waals surface area contributed by atoms with E-state index in [1.165, 1.54) is 4.68 Å². The summed E-state index contributed by atoms with van der Waals surface area (Å²) in [6.07, 6.45) is 1.43. The van der Waals surface area contributed by atoms with Crippen molar-refractivity contribution in [2.45, 2.75) is 52.2 Å². The van der Waals surface area contributed by atoms with Gasteiger partial charge in [0.25, 0.3) is 0 Å². The van der Waals surface area contributed by atoms with Gasteiger partial charge in [0.2, 0.25) is 11.8 Å². The van der Waals surface area contributed by atoms with Crippen molar-refractivity contribution < 1.29 is 24.3 Å². The molecule has 31 heavy (non-hydrogen) atoms. The van der Waals surface area contributed by atoms with E-state index < -0.39 is 17.4 Å². The molecule has 1 aromatic carbocycles. The lowest BCUT2D eigenvalue weighted by molar-refractivity contribution is -0.140. The van der Waals surface area contributed by atoms with E-state index in [-0.39, 0.29) is 42.4 Å². The number of ketones is 1. The van der Waals surface area contributed by atoms with Crippen molar-refractivity contribution in [2.24, 2.45) is 11.3 Å². The van der Waals surface area contributed by atoms with Crippen LogP contribution in [-0.2, 0) is 20.9 Å². The molecule has 1 aliphatic carbocycles. The number of nitrogens with one attached hydrogen (secondary N) is 1. The van der Waals surface area contributed by atoms with E-state index in [1.54, 1.807) is 49.9 Å². The molecule has 0 radical (unpaired) electrons. The van der Waals surface area contributed by atoms with Crippen LogP contribution in [0.1, 0.15) is 44.1 Å². The normalized spacial score (nSPS) is 22.3. The van der Waals surface area contributed by atoms with Crippen LogP contribution in [0.25, 0.3) is 10.9 Å². The van der Waals surface area contributed by atoms with Gasteiger partial charge in [-0.2, -0.15) is 5.10 Å². The molecule has 1 saturated heterocycles. The van der Waals surface area contributed by atoms with Crippen LogP contribution in [0.15, 0.2) is 24.3 Å². The predicted molar refractivity (Wildman–Crippen MR) is 111 cm³/mol. The monoisotopic (exact) mass is 426 g/mol. The molecule has 3 atom stereocenters. The number of aromatic nitrogens is 2. The van der Waals surface area contributed by atoms with E-state index in [0.717, 1.165) is 6.42 Å². The molecule has 2 amide bonds. The zero-order valence-electron chi connectivity index (χ0n) is 17.8. The van der Waals surface area contributed by atoms with Crippen LogP contribution >= 0.6 is 0 Å². The number of likely N-dealkylation sites (tertiary alicyclic amines) is 1. The van der Waals surface area contributed by atoms with Gasteiger partial charge in [0, 0.05) is 16.8 Å². The lowest BCUT2D eigenvalue weighted by Gasteiger charge is -2.27. The van der Waals surface area contributed by atoms with E-state index in [0.29, 0.717) is 23.2 Å². The Morgan fingerprint density at radius 2 is 1.87 bits per heavy atom. The Morgan fingerprint density at radius 1 is 1.16 bits per heavy atom. The number of benzene rings is 1. The van der Waals surface area contributed by atoms with Gasteiger partial charge in [0.1, 0.15) is 12.6 Å². The number of rotatable bonds is 6. The van der Waals surface area contributed by atoms with Crippen molar-refractivity contribution in [1.82, 2.24) is 20.0 Å². The van der Waals surface area contributed by atoms with Gasteiger partial charge >= 0.3 is 5.97 Å². The van der Waals surface area contributed by atoms with E-state index in [1.807, 2.05) is 0 Å². The van der Waals surface area contributed by atoms with Gasteiger partial charge in [-0.25, -0.2) is 4.79 Å². The fraction of sp³-hybridized carbons (Fsp3) is 0.500. The summed E-state index contributed by atoms with van der Waals surface area (Å²) in [5.41, 5.74) is -0.107. The minimum Gasteiger partial charge on any atom is -0.476 e. The molecule has 2 N–H and O–H groups in total. The number of Topliss-reactive ketones (excluding diaryl/α,β-unsaturated/α-hetero) is 1. The maximum atomic E-state index is 13.2. The standard InChI is InChI=1S/C22H26N4O5/c1-22(2,3)17(27)10-23-20(29)16-9-12-8-15(12)26(16)18(28)11-25-14-7-5-4-6-13(14)19(24-25)21(30)31/h4-7,12,15-16H,8-11H2,1-3H3,(H,23,29)(H,30,31)/t12-,15-,16+/m1/s1. The Hall–Kier alpha value is -3.23. The first-order valence-electron chi connectivity index (χ1n) is 10.4. The number of hydrogen-bond acceptors (Lipinski definition) is 5. The Morgan fingerprint density at radius 3 is 2.55 bits per heavy atom. The van der Waals surface area contributed by atoms with Gasteiger partial charge in [0.05, 0.1) is 12.1 Å². The Labute approximate surface area is 179 Å². The van der Waals surface area contributed by atoms with Gasteiger partial charge in [-0.3, -0.25) is 19.1 Å². The van der Waals surface area contributed by atoms with Gasteiger partial charge in [-0.1, -0.05) is 39.0 Å². The number of carbonyl (C=O) groups is 4. The molecule has 1 saturated carbocycles. The van der Waals surface area contributed by atoms with E-state index in [2.05, 4.69) is 10.4 Å². The Bertz CT molecular complexity index is 1080. The van der Waals surface area contributed by atoms with Crippen LogP contribution in [0.5, 0.6) is 0 Å². The molecule has 2 aliphatic rings. The SMILES string of the molecule is CC(C)(C)C(=O)CNC(=O)[C@@H]1C[C@H]2C[C@H]2N1C(=O)Cn1nc(C(=O)O)c2ccccc21. The second-order valence-electron chi connectivity index (χ2n) is 9.34. The molecule has 2 heterocycles. The fourth-order valence-electron chi connectivity index (χ4n) is 4.22. The largest absolute Gasteiger partial charge is 0.476 e. The number of para-hydroxylation sites is 1. The number of carbonyl (C=O) groups excluding carboxylic acids is 3. The third kappa shape index (κ3) is 3.92. The zero-order chi connectivity index (χ0) is 22.5. The van der Waals surface area contributed by atoms with E-state index >= 15 is 0 Å². The summed E-state index contributed by atoms with van der Waals surface area (Å²) >= 11 is 0. The third-order valence-electron chi connectivity index (χ3n) is 6.10. The van der Waals surface area contributed by atoms with Crippen molar-refractivity contribution in [3.05, 3.63) is 30.0 Å². The third-order valence-corrected chi connectivity index (χ3v) is 6.10. The van der Waals surface area contributed by atoms with Crippen LogP contribution in [0.3, 0.4) is 0 Å². The molecule has 0 spiro atoms. The Kier molecular flexibility index (Phi) is 5.07. The summed E-state index contributed by atoms with van der Waals surface area (Å²) in [6.45, 7) is 5.16. The molecule has 1 aliphatic heterocycles. The van der Waals surface area contributed by atoms with Crippen LogP contribution in [0.2, 0.25) is 0 Å². The van der Waals surface area contributed by atoms with Crippen molar-refractivity contribution >= 4 is 34.5 Å². The summed E-state index contributed by atoms with van der Waals surface area (Å²) < 4.78 is 1.38. The van der Waals surface area contributed by atoms with E-state index in [9.17, 15) is 24.3 Å². The molecule has 2 fully saturated rings. The number of fused-ring (bicyclic) bond motifs is 2. The van der Waals surface area contributed by atoms with Crippen molar-refractivity contribution in [2.75, 3.05) is 6.54 Å². The summed E-state index contributed by atoms with van der Waals surface area (Å²) in [7, 11) is 0. The smallest absolute Gasteiger partial charge is 0.357 e. The first-order valence-corrected chi connectivity index (χ1v) is 10.4. The molecule has 9 nitrogen and oxygen atoms in total. The van der Waals surface area contributed by atoms with Crippen molar-refractivity contribution in [3.63, 3.8) is 0 Å². The van der Waals surface area contributed by atoms with Crippen LogP contribution in [0.4, 0.5) is 0 Å². The minimum atomic E-state index is -1.16. The second-order valence-corrected chi connectivity index (χ2v) is 9.34. The van der Waals surface area contributed by atoms with Gasteiger partial charge in [0.15, 0.2) is 11.5 Å². The first kappa shape index (κ1) is 21.0. The molecule has 164 valence electrons. The summed E-state index contributed by atoms with van der Waals surface area (Å²) in [4.78, 5) is 51.2. The lowest BCUT2D eigenvalue weighted by Crippen LogP contribution is -2.50. The highest BCUT2D eigenvalue weighted by Crippen LogP contribution is 2.48. The Balaban J connectivity index is 1.50. The number of amides is 2. The van der Waals surface area contributed by atoms with Gasteiger partial charge in [-0.15, -0.1) is 0 Å². The molecule has 9 heteroatoms. The quantitative estimate of drug-likeness (QED) is 0.721. The molecule has 2 aromatic rings. The molecular weight excluding hydrogens is 400 g/mol. The fourth-order valence-corrected chi connectivity index (χ4v) is 4.22.